The molecule has 3 aromatic rings. The smallest absolute Gasteiger partial charge is 0.292 e. The molecule has 3 aromatic heterocycles. The van der Waals surface area contributed by atoms with Crippen LogP contribution in [0.25, 0.3) is 11.4 Å². The van der Waals surface area contributed by atoms with Crippen molar-refractivity contribution in [1.29, 1.82) is 0 Å². The summed E-state index contributed by atoms with van der Waals surface area (Å²) in [6.07, 6.45) is 4.50. The number of hydrogen-bond donors (Lipinski definition) is 1. The van der Waals surface area contributed by atoms with Gasteiger partial charge in [0.1, 0.15) is 5.82 Å². The van der Waals surface area contributed by atoms with Gasteiger partial charge in [0.25, 0.3) is 11.5 Å². The number of H-pyrrole nitrogens is 1. The van der Waals surface area contributed by atoms with Gasteiger partial charge in [-0.3, -0.25) is 14.6 Å². The van der Waals surface area contributed by atoms with E-state index in [2.05, 4.69) is 34.0 Å². The molecule has 0 spiro atoms. The van der Waals surface area contributed by atoms with E-state index in [1.165, 1.54) is 0 Å². The maximum absolute atomic E-state index is 12.8. The van der Waals surface area contributed by atoms with Gasteiger partial charge in [0.15, 0.2) is 0 Å². The predicted octanol–water partition coefficient (Wildman–Crippen LogP) is 2.22. The van der Waals surface area contributed by atoms with Gasteiger partial charge in [-0.05, 0) is 30.9 Å². The number of aromatic amines is 1. The van der Waals surface area contributed by atoms with Crippen molar-refractivity contribution in [2.75, 3.05) is 6.54 Å². The molecule has 144 valence electrons. The topological polar surface area (TPSA) is 105 Å². The van der Waals surface area contributed by atoms with E-state index in [1.807, 2.05) is 6.07 Å². The molecule has 4 heterocycles. The zero-order valence-electron chi connectivity index (χ0n) is 15.8. The zero-order chi connectivity index (χ0) is 19.7. The minimum Gasteiger partial charge on any atom is -0.351 e. The second-order valence-corrected chi connectivity index (χ2v) is 7.34. The van der Waals surface area contributed by atoms with Crippen LogP contribution in [0.1, 0.15) is 41.4 Å². The van der Waals surface area contributed by atoms with Crippen molar-refractivity contribution < 1.29 is 9.32 Å². The fourth-order valence-electron chi connectivity index (χ4n) is 3.34. The third-order valence-corrected chi connectivity index (χ3v) is 4.68. The van der Waals surface area contributed by atoms with Crippen LogP contribution in [0.3, 0.4) is 0 Å². The minimum absolute atomic E-state index is 0.171. The Bertz CT molecular complexity index is 1060. The van der Waals surface area contributed by atoms with Crippen molar-refractivity contribution in [2.24, 2.45) is 5.92 Å². The highest BCUT2D eigenvalue weighted by Gasteiger charge is 2.27. The second-order valence-electron chi connectivity index (χ2n) is 7.34. The molecule has 0 radical (unpaired) electrons. The summed E-state index contributed by atoms with van der Waals surface area (Å²) in [6, 6.07) is 5.31. The van der Waals surface area contributed by atoms with Crippen LogP contribution in [-0.2, 0) is 19.4 Å². The highest BCUT2D eigenvalue weighted by Crippen LogP contribution is 2.20. The van der Waals surface area contributed by atoms with Crippen molar-refractivity contribution in [3.8, 4) is 11.4 Å². The molecule has 8 heteroatoms. The Balaban J connectivity index is 1.58. The molecule has 1 aliphatic rings. The summed E-state index contributed by atoms with van der Waals surface area (Å²) in [5.74, 6) is 0.858. The van der Waals surface area contributed by atoms with Crippen LogP contribution in [0.15, 0.2) is 39.9 Å². The highest BCUT2D eigenvalue weighted by atomic mass is 16.5. The molecular formula is C20H21N5O3. The molecule has 0 aromatic carbocycles. The summed E-state index contributed by atoms with van der Waals surface area (Å²) in [4.78, 5) is 38.4. The van der Waals surface area contributed by atoms with Crippen LogP contribution in [0.4, 0.5) is 0 Å². The number of carbonyl (C=O) groups is 1. The largest absolute Gasteiger partial charge is 0.351 e. The summed E-state index contributed by atoms with van der Waals surface area (Å²) in [6.45, 7) is 4.86. The Kier molecular flexibility index (Phi) is 4.77. The van der Waals surface area contributed by atoms with Gasteiger partial charge in [-0.25, -0.2) is 4.98 Å². The molecule has 0 aliphatic carbocycles. The Morgan fingerprint density at radius 2 is 2.25 bits per heavy atom. The molecule has 1 aliphatic heterocycles. The van der Waals surface area contributed by atoms with E-state index in [0.717, 1.165) is 17.7 Å². The van der Waals surface area contributed by atoms with Crippen molar-refractivity contribution in [3.05, 3.63) is 63.7 Å². The first kappa shape index (κ1) is 18.1. The quantitative estimate of drug-likeness (QED) is 0.745. The third kappa shape index (κ3) is 3.58. The monoisotopic (exact) mass is 379 g/mol. The van der Waals surface area contributed by atoms with Gasteiger partial charge < -0.3 is 14.4 Å². The molecular weight excluding hydrogens is 358 g/mol. The minimum atomic E-state index is -0.238. The van der Waals surface area contributed by atoms with Crippen LogP contribution in [0.2, 0.25) is 0 Å². The Hall–Kier alpha value is -3.29. The van der Waals surface area contributed by atoms with Crippen molar-refractivity contribution in [2.45, 2.75) is 33.2 Å². The van der Waals surface area contributed by atoms with Crippen LogP contribution < -0.4 is 5.56 Å². The zero-order valence-corrected chi connectivity index (χ0v) is 15.8. The summed E-state index contributed by atoms with van der Waals surface area (Å²) < 4.78 is 5.25. The number of nitrogens with zero attached hydrogens (tertiary/aromatic N) is 4. The fraction of sp³-hybridized carbons (Fsp3) is 0.350. The molecule has 1 amide bonds. The number of pyridine rings is 1. The Morgan fingerprint density at radius 1 is 1.39 bits per heavy atom. The van der Waals surface area contributed by atoms with E-state index < -0.39 is 0 Å². The van der Waals surface area contributed by atoms with E-state index in [9.17, 15) is 9.59 Å². The molecule has 0 atom stereocenters. The van der Waals surface area contributed by atoms with Crippen LogP contribution >= 0.6 is 0 Å². The number of aromatic nitrogens is 4. The van der Waals surface area contributed by atoms with Gasteiger partial charge in [0.2, 0.25) is 5.76 Å². The summed E-state index contributed by atoms with van der Waals surface area (Å²) in [7, 11) is 0. The van der Waals surface area contributed by atoms with E-state index in [0.29, 0.717) is 36.0 Å². The molecule has 0 fully saturated rings. The average Bonchev–Trinajstić information content (AvgIpc) is 3.15. The fourth-order valence-corrected chi connectivity index (χ4v) is 3.34. The third-order valence-electron chi connectivity index (χ3n) is 4.68. The first-order valence-electron chi connectivity index (χ1n) is 9.28. The first-order valence-corrected chi connectivity index (χ1v) is 9.28. The number of fused-ring (bicyclic) bond motifs is 1. The summed E-state index contributed by atoms with van der Waals surface area (Å²) in [5.41, 5.74) is 2.54. The number of rotatable bonds is 4. The molecule has 4 rings (SSSR count). The van der Waals surface area contributed by atoms with Gasteiger partial charge in [0, 0.05) is 36.1 Å². The standard InChI is InChI=1S/C20H21N5O3/c1-12(2)8-14-9-17(28-24-14)20(27)25-7-5-15-16(11-25)22-18(23-19(15)26)13-4-3-6-21-10-13/h3-4,6,9-10,12H,5,7-8,11H2,1-2H3,(H,22,23,26). The molecule has 0 saturated carbocycles. The molecule has 0 unspecified atom stereocenters. The van der Waals surface area contributed by atoms with Crippen LogP contribution in [-0.4, -0.2) is 37.5 Å². The van der Waals surface area contributed by atoms with E-state index >= 15 is 0 Å². The summed E-state index contributed by atoms with van der Waals surface area (Å²) >= 11 is 0. The van der Waals surface area contributed by atoms with Gasteiger partial charge >= 0.3 is 0 Å². The van der Waals surface area contributed by atoms with Crippen LogP contribution in [0.5, 0.6) is 0 Å². The lowest BCUT2D eigenvalue weighted by Crippen LogP contribution is -2.39. The lowest BCUT2D eigenvalue weighted by molar-refractivity contribution is 0.0689. The SMILES string of the molecule is CC(C)Cc1cc(C(=O)N2CCc3c(nc(-c4cccnc4)[nH]c3=O)C2)on1. The summed E-state index contributed by atoms with van der Waals surface area (Å²) in [5, 5.41) is 3.98. The second kappa shape index (κ2) is 7.38. The maximum atomic E-state index is 12.8. The van der Waals surface area contributed by atoms with Gasteiger partial charge in [-0.2, -0.15) is 0 Å². The van der Waals surface area contributed by atoms with Gasteiger partial charge in [0.05, 0.1) is 17.9 Å². The number of nitrogens with one attached hydrogen (secondary N) is 1. The lowest BCUT2D eigenvalue weighted by Gasteiger charge is -2.26. The molecule has 8 nitrogen and oxygen atoms in total. The van der Waals surface area contributed by atoms with E-state index in [4.69, 9.17) is 4.52 Å². The normalized spacial score (nSPS) is 13.6. The van der Waals surface area contributed by atoms with Crippen molar-refractivity contribution in [3.63, 3.8) is 0 Å². The lowest BCUT2D eigenvalue weighted by atomic mass is 10.1. The number of amides is 1. The molecule has 1 N–H and O–H groups in total. The van der Waals surface area contributed by atoms with Crippen LogP contribution in [0, 0.1) is 5.92 Å². The van der Waals surface area contributed by atoms with Crippen molar-refractivity contribution >= 4 is 5.91 Å². The van der Waals surface area contributed by atoms with E-state index in [1.54, 1.807) is 29.4 Å². The number of hydrogen-bond acceptors (Lipinski definition) is 6. The molecule has 28 heavy (non-hydrogen) atoms. The Labute approximate surface area is 161 Å². The van der Waals surface area contributed by atoms with Gasteiger partial charge in [-0.15, -0.1) is 0 Å². The van der Waals surface area contributed by atoms with Gasteiger partial charge in [-0.1, -0.05) is 19.0 Å². The predicted molar refractivity (Wildman–Crippen MR) is 102 cm³/mol. The number of carbonyl (C=O) groups excluding carboxylic acids is 1. The maximum Gasteiger partial charge on any atom is 0.292 e. The molecule has 0 saturated heterocycles. The van der Waals surface area contributed by atoms with E-state index in [-0.39, 0.29) is 23.8 Å². The Morgan fingerprint density at radius 3 is 3.00 bits per heavy atom. The highest BCUT2D eigenvalue weighted by molar-refractivity contribution is 5.91. The molecule has 0 bridgehead atoms. The first-order chi connectivity index (χ1) is 13.5. The average molecular weight is 379 g/mol. The van der Waals surface area contributed by atoms with Crippen molar-refractivity contribution in [1.82, 2.24) is 25.0 Å².